The van der Waals surface area contributed by atoms with Crippen LogP contribution in [0.3, 0.4) is 0 Å². The van der Waals surface area contributed by atoms with Crippen LogP contribution in [0.4, 0.5) is 17.1 Å². The second-order valence-corrected chi connectivity index (χ2v) is 15.2. The lowest BCUT2D eigenvalue weighted by molar-refractivity contribution is 0.669. The van der Waals surface area contributed by atoms with Gasteiger partial charge in [-0.3, -0.25) is 0 Å². The first-order valence-electron chi connectivity index (χ1n) is 20.1. The molecule has 274 valence electrons. The van der Waals surface area contributed by atoms with Crippen LogP contribution in [-0.4, -0.2) is 0 Å². The van der Waals surface area contributed by atoms with Crippen molar-refractivity contribution in [1.29, 1.82) is 0 Å². The number of nitrogens with zero attached hydrogens (tertiary/aromatic N) is 1. The standard InChI is InChI=1S/C56H39NO/c1-2-14-41(15-3-1)47-24-11-18-43-19-12-25-49(55(43)47)48-21-6-8-26-51(48)57(52-27-13-29-54-56(52)50-22-7-9-28-53(50)58-54)44-36-34-39(35-37-44)38-30-32-42(33-31-38)46-23-10-17-40-16-4-5-20-45(40)46/h1-37,49,55H. The van der Waals surface area contributed by atoms with Crippen LogP contribution in [0, 0.1) is 5.92 Å². The van der Waals surface area contributed by atoms with Crippen LogP contribution >= 0.6 is 0 Å². The van der Waals surface area contributed by atoms with E-state index in [1.807, 2.05) is 6.07 Å². The summed E-state index contributed by atoms with van der Waals surface area (Å²) in [5.74, 6) is 0.278. The number of allylic oxidation sites excluding steroid dienone is 8. The van der Waals surface area contributed by atoms with Gasteiger partial charge in [0, 0.05) is 28.6 Å². The molecule has 0 bridgehead atoms. The Labute approximate surface area is 338 Å². The maximum absolute atomic E-state index is 6.48. The predicted octanol–water partition coefficient (Wildman–Crippen LogP) is 15.4. The maximum Gasteiger partial charge on any atom is 0.137 e. The van der Waals surface area contributed by atoms with Gasteiger partial charge in [-0.2, -0.15) is 0 Å². The topological polar surface area (TPSA) is 16.4 Å². The van der Waals surface area contributed by atoms with Gasteiger partial charge in [0.2, 0.25) is 0 Å². The minimum Gasteiger partial charge on any atom is -0.456 e. The summed E-state index contributed by atoms with van der Waals surface area (Å²) in [4.78, 5) is 2.45. The molecule has 0 fully saturated rings. The molecule has 0 saturated carbocycles. The molecule has 2 nitrogen and oxygen atoms in total. The molecule has 2 unspecified atom stereocenters. The van der Waals surface area contributed by atoms with E-state index in [0.717, 1.165) is 39.0 Å². The Morgan fingerprint density at radius 3 is 1.97 bits per heavy atom. The Balaban J connectivity index is 1.04. The molecule has 0 aliphatic heterocycles. The first kappa shape index (κ1) is 33.9. The van der Waals surface area contributed by atoms with Crippen molar-refractivity contribution in [2.45, 2.75) is 5.92 Å². The predicted molar refractivity (Wildman–Crippen MR) is 244 cm³/mol. The summed E-state index contributed by atoms with van der Waals surface area (Å²) in [5, 5.41) is 4.73. The van der Waals surface area contributed by atoms with Crippen LogP contribution in [0.1, 0.15) is 17.0 Å². The van der Waals surface area contributed by atoms with Crippen LogP contribution in [0.25, 0.3) is 60.5 Å². The monoisotopic (exact) mass is 741 g/mol. The van der Waals surface area contributed by atoms with E-state index < -0.39 is 0 Å². The maximum atomic E-state index is 6.48. The molecule has 0 N–H and O–H groups in total. The average Bonchev–Trinajstić information content (AvgIpc) is 3.69. The average molecular weight is 742 g/mol. The summed E-state index contributed by atoms with van der Waals surface area (Å²) in [7, 11) is 0. The van der Waals surface area contributed by atoms with E-state index >= 15 is 0 Å². The normalized spacial score (nSPS) is 16.0. The SMILES string of the molecule is C1=CC2=CC=CC(c3ccccc3N(c3ccc(-c4ccc(-c5cccc6ccccc56)cc4)cc3)c3cccc4oc5ccccc5c34)C2C(c2ccccc2)=C1. The zero-order chi connectivity index (χ0) is 38.4. The van der Waals surface area contributed by atoms with Gasteiger partial charge >= 0.3 is 0 Å². The van der Waals surface area contributed by atoms with E-state index in [1.54, 1.807) is 0 Å². The van der Waals surface area contributed by atoms with Crippen molar-refractivity contribution in [3.05, 3.63) is 241 Å². The van der Waals surface area contributed by atoms with E-state index in [4.69, 9.17) is 4.42 Å². The van der Waals surface area contributed by atoms with Crippen LogP contribution in [0.2, 0.25) is 0 Å². The minimum atomic E-state index is 0.106. The second kappa shape index (κ2) is 14.3. The van der Waals surface area contributed by atoms with Gasteiger partial charge in [0.15, 0.2) is 0 Å². The Hall–Kier alpha value is -7.42. The van der Waals surface area contributed by atoms with Gasteiger partial charge in [-0.05, 0) is 91.7 Å². The highest BCUT2D eigenvalue weighted by Gasteiger charge is 2.33. The third-order valence-electron chi connectivity index (χ3n) is 11.9. The highest BCUT2D eigenvalue weighted by atomic mass is 16.3. The van der Waals surface area contributed by atoms with E-state index in [1.165, 1.54) is 55.3 Å². The summed E-state index contributed by atoms with van der Waals surface area (Å²) in [6, 6.07) is 67.8. The fraction of sp³-hybridized carbons (Fsp3) is 0.0357. The second-order valence-electron chi connectivity index (χ2n) is 15.2. The Kier molecular flexibility index (Phi) is 8.33. The van der Waals surface area contributed by atoms with Gasteiger partial charge in [-0.15, -0.1) is 0 Å². The number of fused-ring (bicyclic) bond motifs is 5. The third-order valence-corrected chi connectivity index (χ3v) is 11.9. The molecule has 0 spiro atoms. The summed E-state index contributed by atoms with van der Waals surface area (Å²) in [6.45, 7) is 0. The summed E-state index contributed by atoms with van der Waals surface area (Å²) in [6.07, 6.45) is 13.7. The van der Waals surface area contributed by atoms with Gasteiger partial charge in [0.25, 0.3) is 0 Å². The lowest BCUT2D eigenvalue weighted by Crippen LogP contribution is -2.21. The molecule has 2 heteroatoms. The van der Waals surface area contributed by atoms with Crippen molar-refractivity contribution < 1.29 is 4.42 Å². The molecule has 58 heavy (non-hydrogen) atoms. The third kappa shape index (κ3) is 5.81. The number of furan rings is 1. The largest absolute Gasteiger partial charge is 0.456 e. The molecule has 8 aromatic carbocycles. The quantitative estimate of drug-likeness (QED) is 0.162. The molecule has 1 heterocycles. The van der Waals surface area contributed by atoms with E-state index in [9.17, 15) is 0 Å². The molecule has 0 saturated heterocycles. The fourth-order valence-electron chi connectivity index (χ4n) is 9.24. The van der Waals surface area contributed by atoms with Gasteiger partial charge in [-0.25, -0.2) is 0 Å². The van der Waals surface area contributed by atoms with Crippen LogP contribution in [0.15, 0.2) is 235 Å². The first-order chi connectivity index (χ1) is 28.8. The summed E-state index contributed by atoms with van der Waals surface area (Å²) < 4.78 is 6.48. The van der Waals surface area contributed by atoms with E-state index in [0.29, 0.717) is 0 Å². The molecule has 2 atom stereocenters. The molecule has 0 radical (unpaired) electrons. The highest BCUT2D eigenvalue weighted by Crippen LogP contribution is 2.51. The summed E-state index contributed by atoms with van der Waals surface area (Å²) in [5.41, 5.74) is 15.1. The van der Waals surface area contributed by atoms with Gasteiger partial charge in [0.05, 0.1) is 11.1 Å². The molecule has 0 amide bonds. The molecule has 2 aliphatic rings. The fourth-order valence-corrected chi connectivity index (χ4v) is 9.24. The molecular formula is C56H39NO. The van der Waals surface area contributed by atoms with Crippen molar-refractivity contribution in [2.24, 2.45) is 5.92 Å². The van der Waals surface area contributed by atoms with Gasteiger partial charge in [-0.1, -0.05) is 188 Å². The number of anilines is 3. The van der Waals surface area contributed by atoms with Crippen molar-refractivity contribution in [1.82, 2.24) is 0 Å². The zero-order valence-corrected chi connectivity index (χ0v) is 31.9. The van der Waals surface area contributed by atoms with Crippen molar-refractivity contribution in [3.8, 4) is 22.3 Å². The molecule has 1 aromatic heterocycles. The van der Waals surface area contributed by atoms with Crippen molar-refractivity contribution in [3.63, 3.8) is 0 Å². The van der Waals surface area contributed by atoms with Crippen LogP contribution < -0.4 is 4.90 Å². The number of para-hydroxylation sites is 2. The Morgan fingerprint density at radius 1 is 0.448 bits per heavy atom. The van der Waals surface area contributed by atoms with E-state index in [-0.39, 0.29) is 11.8 Å². The van der Waals surface area contributed by atoms with Crippen LogP contribution in [0.5, 0.6) is 0 Å². The first-order valence-corrected chi connectivity index (χ1v) is 20.1. The molecule has 2 aliphatic carbocycles. The molecular weight excluding hydrogens is 703 g/mol. The number of benzene rings is 8. The number of hydrogen-bond acceptors (Lipinski definition) is 2. The Bertz CT molecular complexity index is 3100. The smallest absolute Gasteiger partial charge is 0.137 e. The van der Waals surface area contributed by atoms with Crippen molar-refractivity contribution in [2.75, 3.05) is 4.90 Å². The highest BCUT2D eigenvalue weighted by molar-refractivity contribution is 6.13. The number of rotatable bonds is 7. The van der Waals surface area contributed by atoms with E-state index in [2.05, 4.69) is 223 Å². The van der Waals surface area contributed by atoms with Crippen LogP contribution in [-0.2, 0) is 0 Å². The van der Waals surface area contributed by atoms with Gasteiger partial charge in [0.1, 0.15) is 11.2 Å². The lowest BCUT2D eigenvalue weighted by Gasteiger charge is -2.36. The van der Waals surface area contributed by atoms with Gasteiger partial charge < -0.3 is 9.32 Å². The number of hydrogen-bond donors (Lipinski definition) is 0. The lowest BCUT2D eigenvalue weighted by atomic mass is 9.70. The molecule has 11 rings (SSSR count). The molecule has 9 aromatic rings. The Morgan fingerprint density at radius 2 is 1.10 bits per heavy atom. The zero-order valence-electron chi connectivity index (χ0n) is 31.9. The summed E-state index contributed by atoms with van der Waals surface area (Å²) >= 11 is 0. The minimum absolute atomic E-state index is 0.106. The van der Waals surface area contributed by atoms with Crippen molar-refractivity contribution >= 4 is 55.3 Å².